The van der Waals surface area contributed by atoms with Gasteiger partial charge in [-0.3, -0.25) is 4.79 Å². The van der Waals surface area contributed by atoms with Gasteiger partial charge in [0.05, 0.1) is 17.2 Å². The average molecular weight is 285 g/mol. The quantitative estimate of drug-likeness (QED) is 0.368. The number of hydrogen-bond donors (Lipinski definition) is 0. The van der Waals surface area contributed by atoms with Crippen LogP contribution in [0.25, 0.3) is 0 Å². The molecule has 0 bridgehead atoms. The van der Waals surface area contributed by atoms with E-state index in [1.807, 2.05) is 0 Å². The Kier molecular flexibility index (Phi) is 5.62. The van der Waals surface area contributed by atoms with Gasteiger partial charge in [0, 0.05) is 11.6 Å². The largest absolute Gasteiger partial charge is 0.466 e. The number of carbonyl (C=O) groups excluding carboxylic acids is 2. The van der Waals surface area contributed by atoms with Crippen molar-refractivity contribution in [1.82, 2.24) is 0 Å². The Labute approximate surface area is 115 Å². The standard InChI is InChI=1S/C13H10Cl2O3/c1-18-13(17)5-3-2-4-12(16)9-6-7-10(14)11(15)8-9/h2-8H,1H3. The van der Waals surface area contributed by atoms with E-state index in [2.05, 4.69) is 4.74 Å². The molecule has 0 saturated heterocycles. The van der Waals surface area contributed by atoms with E-state index in [4.69, 9.17) is 23.2 Å². The lowest BCUT2D eigenvalue weighted by Gasteiger charge is -1.98. The fraction of sp³-hybridized carbons (Fsp3) is 0.0769. The Morgan fingerprint density at radius 3 is 2.39 bits per heavy atom. The molecule has 1 aromatic carbocycles. The molecule has 0 aliphatic carbocycles. The number of methoxy groups -OCH3 is 1. The zero-order valence-corrected chi connectivity index (χ0v) is 11.0. The van der Waals surface area contributed by atoms with E-state index in [-0.39, 0.29) is 5.78 Å². The van der Waals surface area contributed by atoms with Gasteiger partial charge in [0.15, 0.2) is 5.78 Å². The minimum Gasteiger partial charge on any atom is -0.466 e. The number of esters is 1. The third-order valence-corrected chi connectivity index (χ3v) is 2.74. The second-order valence-electron chi connectivity index (χ2n) is 3.23. The first kappa shape index (κ1) is 14.5. The molecule has 1 aromatic rings. The molecule has 0 saturated carbocycles. The normalized spacial score (nSPS) is 11.1. The number of ketones is 1. The Morgan fingerprint density at radius 1 is 1.11 bits per heavy atom. The third-order valence-electron chi connectivity index (χ3n) is 2.00. The molecule has 94 valence electrons. The number of rotatable bonds is 4. The monoisotopic (exact) mass is 284 g/mol. The average Bonchev–Trinajstić information content (AvgIpc) is 2.37. The van der Waals surface area contributed by atoms with E-state index in [0.29, 0.717) is 15.6 Å². The number of carbonyl (C=O) groups is 2. The summed E-state index contributed by atoms with van der Waals surface area (Å²) in [5.41, 5.74) is 0.423. The first-order valence-corrected chi connectivity index (χ1v) is 5.72. The van der Waals surface area contributed by atoms with Gasteiger partial charge in [-0.05, 0) is 24.3 Å². The molecule has 0 N–H and O–H groups in total. The minimum absolute atomic E-state index is 0.233. The summed E-state index contributed by atoms with van der Waals surface area (Å²) in [6.45, 7) is 0. The van der Waals surface area contributed by atoms with Gasteiger partial charge in [0.2, 0.25) is 0 Å². The number of ether oxygens (including phenoxy) is 1. The smallest absolute Gasteiger partial charge is 0.330 e. The van der Waals surface area contributed by atoms with Crippen molar-refractivity contribution in [3.8, 4) is 0 Å². The summed E-state index contributed by atoms with van der Waals surface area (Å²) >= 11 is 11.5. The van der Waals surface area contributed by atoms with Gasteiger partial charge in [0.1, 0.15) is 0 Å². The van der Waals surface area contributed by atoms with Crippen LogP contribution in [0.15, 0.2) is 42.5 Å². The van der Waals surface area contributed by atoms with Gasteiger partial charge in [-0.1, -0.05) is 35.4 Å². The van der Waals surface area contributed by atoms with Crippen molar-refractivity contribution in [2.45, 2.75) is 0 Å². The molecule has 0 heterocycles. The van der Waals surface area contributed by atoms with Crippen LogP contribution in [0.2, 0.25) is 10.0 Å². The van der Waals surface area contributed by atoms with E-state index in [9.17, 15) is 9.59 Å². The van der Waals surface area contributed by atoms with Crippen LogP contribution in [0.5, 0.6) is 0 Å². The second kappa shape index (κ2) is 6.99. The van der Waals surface area contributed by atoms with Gasteiger partial charge in [-0.25, -0.2) is 4.79 Å². The molecule has 3 nitrogen and oxygen atoms in total. The first-order chi connectivity index (χ1) is 8.54. The Morgan fingerprint density at radius 2 is 1.78 bits per heavy atom. The number of allylic oxidation sites excluding steroid dienone is 3. The number of halogens is 2. The lowest BCUT2D eigenvalue weighted by atomic mass is 10.1. The van der Waals surface area contributed by atoms with Gasteiger partial charge in [-0.2, -0.15) is 0 Å². The van der Waals surface area contributed by atoms with E-state index in [0.717, 1.165) is 0 Å². The molecule has 5 heteroatoms. The summed E-state index contributed by atoms with van der Waals surface area (Å²) in [6.07, 6.45) is 5.39. The van der Waals surface area contributed by atoms with E-state index < -0.39 is 5.97 Å². The van der Waals surface area contributed by atoms with Gasteiger partial charge in [0.25, 0.3) is 0 Å². The van der Waals surface area contributed by atoms with Crippen molar-refractivity contribution < 1.29 is 14.3 Å². The highest BCUT2D eigenvalue weighted by atomic mass is 35.5. The van der Waals surface area contributed by atoms with Crippen LogP contribution < -0.4 is 0 Å². The first-order valence-electron chi connectivity index (χ1n) is 4.96. The molecule has 18 heavy (non-hydrogen) atoms. The summed E-state index contributed by atoms with van der Waals surface area (Å²) in [5.74, 6) is -0.718. The molecule has 0 amide bonds. The molecule has 0 unspecified atom stereocenters. The summed E-state index contributed by atoms with van der Waals surface area (Å²) in [7, 11) is 1.28. The summed E-state index contributed by atoms with van der Waals surface area (Å²) in [4.78, 5) is 22.4. The van der Waals surface area contributed by atoms with Crippen LogP contribution in [-0.2, 0) is 9.53 Å². The number of benzene rings is 1. The highest BCUT2D eigenvalue weighted by Crippen LogP contribution is 2.22. The molecule has 0 aliphatic rings. The maximum absolute atomic E-state index is 11.7. The molecular formula is C13H10Cl2O3. The molecule has 0 aliphatic heterocycles. The highest BCUT2D eigenvalue weighted by Gasteiger charge is 2.04. The summed E-state index contributed by atoms with van der Waals surface area (Å²) < 4.78 is 4.39. The maximum atomic E-state index is 11.7. The van der Waals surface area contributed by atoms with Crippen LogP contribution >= 0.6 is 23.2 Å². The second-order valence-corrected chi connectivity index (χ2v) is 4.05. The fourth-order valence-electron chi connectivity index (χ4n) is 1.09. The predicted octanol–water partition coefficient (Wildman–Crippen LogP) is 3.46. The minimum atomic E-state index is -0.485. The van der Waals surface area contributed by atoms with Crippen molar-refractivity contribution in [2.24, 2.45) is 0 Å². The molecular weight excluding hydrogens is 275 g/mol. The van der Waals surface area contributed by atoms with Crippen molar-refractivity contribution in [1.29, 1.82) is 0 Å². The fourth-order valence-corrected chi connectivity index (χ4v) is 1.39. The zero-order chi connectivity index (χ0) is 13.5. The third kappa shape index (κ3) is 4.35. The number of hydrogen-bond acceptors (Lipinski definition) is 3. The molecule has 1 rings (SSSR count). The SMILES string of the molecule is COC(=O)C=CC=CC(=O)c1ccc(Cl)c(Cl)c1. The topological polar surface area (TPSA) is 43.4 Å². The van der Waals surface area contributed by atoms with Crippen LogP contribution in [0.1, 0.15) is 10.4 Å². The molecule has 0 atom stereocenters. The van der Waals surface area contributed by atoms with Crippen molar-refractivity contribution in [3.63, 3.8) is 0 Å². The summed E-state index contributed by atoms with van der Waals surface area (Å²) in [6, 6.07) is 4.61. The van der Waals surface area contributed by atoms with Gasteiger partial charge in [-0.15, -0.1) is 0 Å². The Hall–Kier alpha value is -1.58. The molecule has 0 aromatic heterocycles. The molecule has 0 radical (unpaired) electrons. The Balaban J connectivity index is 2.71. The van der Waals surface area contributed by atoms with Crippen LogP contribution in [-0.4, -0.2) is 18.9 Å². The van der Waals surface area contributed by atoms with Crippen LogP contribution in [0.4, 0.5) is 0 Å². The van der Waals surface area contributed by atoms with Gasteiger partial charge >= 0.3 is 5.97 Å². The zero-order valence-electron chi connectivity index (χ0n) is 9.52. The highest BCUT2D eigenvalue weighted by molar-refractivity contribution is 6.42. The lowest BCUT2D eigenvalue weighted by molar-refractivity contribution is -0.134. The molecule has 0 fully saturated rings. The summed E-state index contributed by atoms with van der Waals surface area (Å²) in [5, 5.41) is 0.712. The van der Waals surface area contributed by atoms with Crippen molar-refractivity contribution >= 4 is 35.0 Å². The Bertz CT molecular complexity index is 519. The van der Waals surface area contributed by atoms with Crippen molar-refractivity contribution in [2.75, 3.05) is 7.11 Å². The maximum Gasteiger partial charge on any atom is 0.330 e. The van der Waals surface area contributed by atoms with E-state index in [1.165, 1.54) is 37.5 Å². The van der Waals surface area contributed by atoms with E-state index >= 15 is 0 Å². The van der Waals surface area contributed by atoms with Crippen molar-refractivity contribution in [3.05, 3.63) is 58.1 Å². The molecule has 0 spiro atoms. The lowest BCUT2D eigenvalue weighted by Crippen LogP contribution is -1.94. The van der Waals surface area contributed by atoms with E-state index in [1.54, 1.807) is 12.1 Å². The van der Waals surface area contributed by atoms with Crippen LogP contribution in [0.3, 0.4) is 0 Å². The predicted molar refractivity (Wildman–Crippen MR) is 71.1 cm³/mol. The van der Waals surface area contributed by atoms with Crippen LogP contribution in [0, 0.1) is 0 Å². The van der Waals surface area contributed by atoms with Gasteiger partial charge < -0.3 is 4.74 Å².